The van der Waals surface area contributed by atoms with Crippen molar-refractivity contribution >= 4 is 40.8 Å². The van der Waals surface area contributed by atoms with Gasteiger partial charge in [-0.1, -0.05) is 35.3 Å². The lowest BCUT2D eigenvalue weighted by Gasteiger charge is -2.13. The molecule has 0 saturated carbocycles. The number of nitrogens with one attached hydrogen (secondary N) is 2. The maximum atomic E-state index is 14.4. The molecule has 6 nitrogen and oxygen atoms in total. The molecule has 0 bridgehead atoms. The smallest absolute Gasteiger partial charge is 0.322 e. The Kier molecular flexibility index (Phi) is 7.27. The van der Waals surface area contributed by atoms with Crippen LogP contribution in [0.25, 0.3) is 0 Å². The van der Waals surface area contributed by atoms with Crippen molar-refractivity contribution in [1.82, 2.24) is 5.32 Å². The highest BCUT2D eigenvalue weighted by Crippen LogP contribution is 2.35. The van der Waals surface area contributed by atoms with Crippen LogP contribution in [0.4, 0.5) is 10.1 Å². The fourth-order valence-corrected chi connectivity index (χ4v) is 2.85. The molecule has 3 N–H and O–H groups in total. The highest BCUT2D eigenvalue weighted by molar-refractivity contribution is 6.37. The molecule has 0 aliphatic carbocycles. The molecule has 0 aliphatic heterocycles. The molecule has 1 amide bonds. The fourth-order valence-electron chi connectivity index (χ4n) is 2.25. The van der Waals surface area contributed by atoms with Crippen LogP contribution in [-0.2, 0) is 11.4 Å². The summed E-state index contributed by atoms with van der Waals surface area (Å²) in [6, 6.07) is 7.48. The summed E-state index contributed by atoms with van der Waals surface area (Å²) in [5.74, 6) is -2.16. The molecular formula is C18H17Cl2FN2O4. The lowest BCUT2D eigenvalue weighted by atomic mass is 10.2. The van der Waals surface area contributed by atoms with Crippen LogP contribution in [-0.4, -0.2) is 30.1 Å². The van der Waals surface area contributed by atoms with E-state index in [1.165, 1.54) is 12.1 Å². The Hall–Kier alpha value is -2.51. The molecule has 0 radical (unpaired) electrons. The molecule has 0 heterocycles. The van der Waals surface area contributed by atoms with Crippen molar-refractivity contribution in [3.63, 3.8) is 0 Å². The maximum Gasteiger partial charge on any atom is 0.322 e. The Morgan fingerprint density at radius 1 is 1.22 bits per heavy atom. The van der Waals surface area contributed by atoms with Crippen LogP contribution < -0.4 is 15.4 Å². The van der Waals surface area contributed by atoms with Crippen LogP contribution >= 0.6 is 23.2 Å². The summed E-state index contributed by atoms with van der Waals surface area (Å²) in [4.78, 5) is 22.4. The molecule has 0 aliphatic rings. The van der Waals surface area contributed by atoms with E-state index in [1.54, 1.807) is 18.2 Å². The van der Waals surface area contributed by atoms with Crippen molar-refractivity contribution in [3.05, 3.63) is 57.3 Å². The summed E-state index contributed by atoms with van der Waals surface area (Å²) in [7, 11) is 0. The Morgan fingerprint density at radius 3 is 2.48 bits per heavy atom. The largest absolute Gasteiger partial charge is 0.486 e. The van der Waals surface area contributed by atoms with Crippen molar-refractivity contribution < 1.29 is 23.8 Å². The third-order valence-corrected chi connectivity index (χ3v) is 4.04. The average Bonchev–Trinajstić information content (AvgIpc) is 2.61. The number of carboxylic acids is 1. The van der Waals surface area contributed by atoms with Gasteiger partial charge < -0.3 is 20.5 Å². The van der Waals surface area contributed by atoms with Crippen molar-refractivity contribution in [2.24, 2.45) is 0 Å². The molecular weight excluding hydrogens is 398 g/mol. The Balaban J connectivity index is 2.15. The molecule has 9 heteroatoms. The second-order valence-electron chi connectivity index (χ2n) is 5.44. The Morgan fingerprint density at radius 2 is 1.89 bits per heavy atom. The van der Waals surface area contributed by atoms with Gasteiger partial charge in [0, 0.05) is 17.7 Å². The van der Waals surface area contributed by atoms with Crippen LogP contribution in [0.1, 0.15) is 22.8 Å². The van der Waals surface area contributed by atoms with E-state index in [4.69, 9.17) is 33.0 Å². The normalized spacial score (nSPS) is 10.4. The SMILES string of the molecule is CCNc1cccc(COc2c(Cl)cc(C(=O)NCC(=O)O)cc2Cl)c1F. The standard InChI is InChI=1S/C18H17Cl2FN2O4/c1-2-22-14-5-3-4-10(16(14)21)9-27-17-12(19)6-11(7-13(17)20)18(26)23-8-15(24)25/h3-7,22H,2,8-9H2,1H3,(H,23,26)(H,24,25). The summed E-state index contributed by atoms with van der Waals surface area (Å²) < 4.78 is 19.9. The number of amides is 1. The number of hydrogen-bond acceptors (Lipinski definition) is 4. The number of rotatable bonds is 8. The lowest BCUT2D eigenvalue weighted by molar-refractivity contribution is -0.135. The van der Waals surface area contributed by atoms with Crippen LogP contribution in [0, 0.1) is 5.82 Å². The second-order valence-corrected chi connectivity index (χ2v) is 6.26. The first-order valence-corrected chi connectivity index (χ1v) is 8.72. The number of aliphatic carboxylic acids is 1. The van der Waals surface area contributed by atoms with Crippen LogP contribution in [0.3, 0.4) is 0 Å². The van der Waals surface area contributed by atoms with Gasteiger partial charge in [-0.3, -0.25) is 9.59 Å². The van der Waals surface area contributed by atoms with Gasteiger partial charge in [0.2, 0.25) is 0 Å². The molecule has 0 atom stereocenters. The van der Waals surface area contributed by atoms with Crippen molar-refractivity contribution in [1.29, 1.82) is 0 Å². The molecule has 144 valence electrons. The van der Waals surface area contributed by atoms with E-state index in [2.05, 4.69) is 10.6 Å². The minimum Gasteiger partial charge on any atom is -0.486 e. The van der Waals surface area contributed by atoms with Gasteiger partial charge in [0.05, 0.1) is 15.7 Å². The summed E-state index contributed by atoms with van der Waals surface area (Å²) in [6.45, 7) is 1.78. The highest BCUT2D eigenvalue weighted by atomic mass is 35.5. The number of halogens is 3. The number of anilines is 1. The molecule has 0 fully saturated rings. The zero-order valence-corrected chi connectivity index (χ0v) is 15.8. The molecule has 0 aromatic heterocycles. The Labute approximate surface area is 165 Å². The maximum absolute atomic E-state index is 14.4. The van der Waals surface area contributed by atoms with Gasteiger partial charge in [-0.2, -0.15) is 0 Å². The van der Waals surface area contributed by atoms with Crippen LogP contribution in [0.15, 0.2) is 30.3 Å². The predicted octanol–water partition coefficient (Wildman–Crippen LogP) is 3.96. The zero-order valence-electron chi connectivity index (χ0n) is 14.3. The number of ether oxygens (including phenoxy) is 1. The first kappa shape index (κ1) is 20.8. The molecule has 0 saturated heterocycles. The third-order valence-electron chi connectivity index (χ3n) is 3.48. The fraction of sp³-hybridized carbons (Fsp3) is 0.222. The van der Waals surface area contributed by atoms with Crippen molar-refractivity contribution in [2.75, 3.05) is 18.4 Å². The first-order chi connectivity index (χ1) is 12.8. The van der Waals surface area contributed by atoms with Gasteiger partial charge >= 0.3 is 5.97 Å². The van der Waals surface area contributed by atoms with Gasteiger partial charge in [-0.05, 0) is 25.1 Å². The van der Waals surface area contributed by atoms with E-state index in [9.17, 15) is 14.0 Å². The molecule has 2 rings (SSSR count). The van der Waals surface area contributed by atoms with E-state index in [-0.39, 0.29) is 28.0 Å². The van der Waals surface area contributed by atoms with E-state index >= 15 is 0 Å². The average molecular weight is 415 g/mol. The molecule has 2 aromatic rings. The molecule has 0 unspecified atom stereocenters. The number of carbonyl (C=O) groups excluding carboxylic acids is 1. The quantitative estimate of drug-likeness (QED) is 0.608. The van der Waals surface area contributed by atoms with Gasteiger partial charge in [0.1, 0.15) is 13.2 Å². The summed E-state index contributed by atoms with van der Waals surface area (Å²) in [5, 5.41) is 13.8. The minimum atomic E-state index is -1.18. The number of benzene rings is 2. The van der Waals surface area contributed by atoms with E-state index in [1.807, 2.05) is 6.92 Å². The molecule has 0 spiro atoms. The van der Waals surface area contributed by atoms with Gasteiger partial charge in [0.25, 0.3) is 5.91 Å². The van der Waals surface area contributed by atoms with E-state index in [0.29, 0.717) is 17.8 Å². The summed E-state index contributed by atoms with van der Waals surface area (Å²) in [5.41, 5.74) is 0.754. The first-order valence-electron chi connectivity index (χ1n) is 7.96. The molecule has 27 heavy (non-hydrogen) atoms. The van der Waals surface area contributed by atoms with Crippen molar-refractivity contribution in [2.45, 2.75) is 13.5 Å². The lowest BCUT2D eigenvalue weighted by Crippen LogP contribution is -2.29. The summed E-state index contributed by atoms with van der Waals surface area (Å²) >= 11 is 12.2. The van der Waals surface area contributed by atoms with Crippen LogP contribution in [0.2, 0.25) is 10.0 Å². The second kappa shape index (κ2) is 9.43. The predicted molar refractivity (Wildman–Crippen MR) is 101 cm³/mol. The monoisotopic (exact) mass is 414 g/mol. The van der Waals surface area contributed by atoms with Gasteiger partial charge in [0.15, 0.2) is 11.6 Å². The number of carboxylic acid groups (broad SMARTS) is 1. The third kappa shape index (κ3) is 5.48. The Bertz CT molecular complexity index is 838. The van der Waals surface area contributed by atoms with Gasteiger partial charge in [-0.15, -0.1) is 0 Å². The highest BCUT2D eigenvalue weighted by Gasteiger charge is 2.16. The van der Waals surface area contributed by atoms with Crippen LogP contribution in [0.5, 0.6) is 5.75 Å². The van der Waals surface area contributed by atoms with E-state index < -0.39 is 24.2 Å². The van der Waals surface area contributed by atoms with Gasteiger partial charge in [-0.25, -0.2) is 4.39 Å². The topological polar surface area (TPSA) is 87.7 Å². The number of hydrogen-bond donors (Lipinski definition) is 3. The van der Waals surface area contributed by atoms with Crippen molar-refractivity contribution in [3.8, 4) is 5.75 Å². The minimum absolute atomic E-state index is 0.0474. The van der Waals surface area contributed by atoms with E-state index in [0.717, 1.165) is 0 Å². The summed E-state index contributed by atoms with van der Waals surface area (Å²) in [6.07, 6.45) is 0. The zero-order chi connectivity index (χ0) is 20.0. The molecule has 2 aromatic carbocycles. The number of carbonyl (C=O) groups is 2.